The second-order valence-corrected chi connectivity index (χ2v) is 11.7. The summed E-state index contributed by atoms with van der Waals surface area (Å²) in [5.74, 6) is 0.200. The largest absolute Gasteiger partial charge is 0.392 e. The van der Waals surface area contributed by atoms with Gasteiger partial charge >= 0.3 is 0 Å². The maximum atomic E-state index is 13.1. The third kappa shape index (κ3) is 5.50. The van der Waals surface area contributed by atoms with E-state index in [1.54, 1.807) is 0 Å². The van der Waals surface area contributed by atoms with Gasteiger partial charge in [0.15, 0.2) is 0 Å². The lowest BCUT2D eigenvalue weighted by Crippen LogP contribution is -2.58. The molecule has 5 heteroatoms. The number of benzene rings is 1. The van der Waals surface area contributed by atoms with Crippen molar-refractivity contribution in [3.8, 4) is 0 Å². The zero-order chi connectivity index (χ0) is 24.3. The van der Waals surface area contributed by atoms with E-state index in [9.17, 15) is 14.7 Å². The van der Waals surface area contributed by atoms with Crippen LogP contribution < -0.4 is 10.6 Å². The first-order valence-electron chi connectivity index (χ1n) is 13.6. The predicted octanol–water partition coefficient (Wildman–Crippen LogP) is 4.62. The molecule has 2 amide bonds. The fourth-order valence-corrected chi connectivity index (χ4v) is 7.31. The molecule has 0 bridgehead atoms. The van der Waals surface area contributed by atoms with Crippen LogP contribution in [0.15, 0.2) is 30.3 Å². The number of aliphatic hydroxyl groups excluding tert-OH is 1. The highest BCUT2D eigenvalue weighted by Crippen LogP contribution is 2.55. The number of hydrogen-bond acceptors (Lipinski definition) is 3. The first-order chi connectivity index (χ1) is 16.3. The van der Waals surface area contributed by atoms with Crippen molar-refractivity contribution in [1.82, 2.24) is 10.6 Å². The van der Waals surface area contributed by atoms with Gasteiger partial charge in [0.1, 0.15) is 0 Å². The summed E-state index contributed by atoms with van der Waals surface area (Å²) in [6, 6.07) is 10.2. The number of aliphatic hydroxyl groups is 1. The maximum Gasteiger partial charge on any atom is 0.224 e. The van der Waals surface area contributed by atoms with E-state index in [1.165, 1.54) is 19.3 Å². The Balaban J connectivity index is 1.39. The Morgan fingerprint density at radius 1 is 1.03 bits per heavy atom. The van der Waals surface area contributed by atoms with Gasteiger partial charge in [-0.3, -0.25) is 9.59 Å². The van der Waals surface area contributed by atoms with Gasteiger partial charge in [0.25, 0.3) is 0 Å². The van der Waals surface area contributed by atoms with Crippen LogP contribution in [0.4, 0.5) is 0 Å². The number of hydrogen-bond donors (Lipinski definition) is 3. The van der Waals surface area contributed by atoms with Crippen LogP contribution >= 0.6 is 0 Å². The highest BCUT2D eigenvalue weighted by atomic mass is 16.3. The third-order valence-corrected chi connectivity index (χ3v) is 9.45. The molecule has 0 aliphatic heterocycles. The van der Waals surface area contributed by atoms with E-state index >= 15 is 0 Å². The van der Waals surface area contributed by atoms with Crippen molar-refractivity contribution in [3.63, 3.8) is 0 Å². The van der Waals surface area contributed by atoms with E-state index in [-0.39, 0.29) is 46.9 Å². The average Bonchev–Trinajstić information content (AvgIpc) is 2.82. The summed E-state index contributed by atoms with van der Waals surface area (Å²) in [4.78, 5) is 25.9. The monoisotopic (exact) mass is 468 g/mol. The molecular formula is C29H44N2O3. The number of amides is 2. The van der Waals surface area contributed by atoms with E-state index in [2.05, 4.69) is 24.5 Å². The smallest absolute Gasteiger partial charge is 0.224 e. The number of carbonyl (C=O) groups excluding carboxylic acids is 2. The minimum atomic E-state index is -0.519. The van der Waals surface area contributed by atoms with Crippen LogP contribution in [0.1, 0.15) is 84.1 Å². The van der Waals surface area contributed by atoms with Crippen LogP contribution in [0, 0.1) is 29.1 Å². The lowest BCUT2D eigenvalue weighted by atomic mass is 9.51. The van der Waals surface area contributed by atoms with E-state index in [0.717, 1.165) is 44.1 Å². The topological polar surface area (TPSA) is 78.4 Å². The number of carbonyl (C=O) groups is 2. The van der Waals surface area contributed by atoms with Crippen LogP contribution in [-0.4, -0.2) is 35.1 Å². The fourth-order valence-electron chi connectivity index (χ4n) is 7.31. The van der Waals surface area contributed by atoms with Crippen molar-refractivity contribution in [2.24, 2.45) is 29.1 Å². The Kier molecular flexibility index (Phi) is 8.01. The summed E-state index contributed by atoms with van der Waals surface area (Å²) in [6.45, 7) is 6.50. The molecule has 3 N–H and O–H groups in total. The molecule has 3 aliphatic rings. The van der Waals surface area contributed by atoms with Gasteiger partial charge in [-0.05, 0) is 67.3 Å². The lowest BCUT2D eigenvalue weighted by Gasteiger charge is -2.56. The SMILES string of the molecule is C[C@@H]1[C@@H]2[C@@H](O)[C@@H]([C@H](C)C(=O)NC3CCCCC3)CC[C@]2(C)CC[C@@H]1NC(=O)Cc1ccccc1. The molecule has 34 heavy (non-hydrogen) atoms. The van der Waals surface area contributed by atoms with Crippen molar-refractivity contribution in [1.29, 1.82) is 0 Å². The summed E-state index contributed by atoms with van der Waals surface area (Å²) in [7, 11) is 0. The number of rotatable bonds is 6. The Labute approximate surface area is 205 Å². The fraction of sp³-hybridized carbons (Fsp3) is 0.724. The molecule has 7 atom stereocenters. The summed E-state index contributed by atoms with van der Waals surface area (Å²) in [5.41, 5.74) is 1.08. The lowest BCUT2D eigenvalue weighted by molar-refractivity contribution is -0.144. The summed E-state index contributed by atoms with van der Waals surface area (Å²) in [5, 5.41) is 18.2. The van der Waals surface area contributed by atoms with Gasteiger partial charge < -0.3 is 15.7 Å². The minimum absolute atomic E-state index is 0.0251. The first-order valence-corrected chi connectivity index (χ1v) is 13.6. The molecule has 3 saturated carbocycles. The molecule has 0 aromatic heterocycles. The van der Waals surface area contributed by atoms with Gasteiger partial charge in [0.05, 0.1) is 12.5 Å². The Bertz CT molecular complexity index is 837. The van der Waals surface area contributed by atoms with E-state index in [4.69, 9.17) is 0 Å². The second kappa shape index (κ2) is 10.8. The van der Waals surface area contributed by atoms with Crippen LogP contribution in [0.5, 0.6) is 0 Å². The normalized spacial score (nSPS) is 35.1. The first kappa shape index (κ1) is 25.2. The van der Waals surface area contributed by atoms with Crippen LogP contribution in [-0.2, 0) is 16.0 Å². The quantitative estimate of drug-likeness (QED) is 0.570. The van der Waals surface area contributed by atoms with Crippen molar-refractivity contribution < 1.29 is 14.7 Å². The maximum absolute atomic E-state index is 13.1. The highest BCUT2D eigenvalue weighted by Gasteiger charge is 2.53. The van der Waals surface area contributed by atoms with Gasteiger partial charge in [0, 0.05) is 18.0 Å². The van der Waals surface area contributed by atoms with Crippen molar-refractivity contribution in [3.05, 3.63) is 35.9 Å². The van der Waals surface area contributed by atoms with Crippen molar-refractivity contribution in [2.45, 2.75) is 103 Å². The zero-order valence-corrected chi connectivity index (χ0v) is 21.3. The molecule has 5 nitrogen and oxygen atoms in total. The molecule has 0 unspecified atom stereocenters. The molecule has 0 spiro atoms. The molecule has 188 valence electrons. The number of nitrogens with one attached hydrogen (secondary N) is 2. The number of fused-ring (bicyclic) bond motifs is 1. The van der Waals surface area contributed by atoms with Gasteiger partial charge in [-0.15, -0.1) is 0 Å². The Hall–Kier alpha value is -1.88. The third-order valence-electron chi connectivity index (χ3n) is 9.45. The molecular weight excluding hydrogens is 424 g/mol. The molecule has 3 fully saturated rings. The minimum Gasteiger partial charge on any atom is -0.392 e. The molecule has 1 aromatic rings. The molecule has 0 heterocycles. The zero-order valence-electron chi connectivity index (χ0n) is 21.3. The molecule has 0 radical (unpaired) electrons. The Morgan fingerprint density at radius 3 is 2.41 bits per heavy atom. The van der Waals surface area contributed by atoms with E-state index in [1.807, 2.05) is 37.3 Å². The molecule has 0 saturated heterocycles. The highest BCUT2D eigenvalue weighted by molar-refractivity contribution is 5.79. The second-order valence-electron chi connectivity index (χ2n) is 11.7. The van der Waals surface area contributed by atoms with Crippen LogP contribution in [0.2, 0.25) is 0 Å². The van der Waals surface area contributed by atoms with Crippen LogP contribution in [0.3, 0.4) is 0 Å². The standard InChI is InChI=1S/C29H44N2O3/c1-19(28(34)30-22-12-8-5-9-13-22)23-14-16-29(3)17-15-24(20(2)26(29)27(23)33)31-25(32)18-21-10-6-4-7-11-21/h4,6-7,10-11,19-20,22-24,26-27,33H,5,8-9,12-18H2,1-3H3,(H,30,34)(H,31,32)/t19-,20-,23+,24-,26+,27-,29+/m0/s1. The predicted molar refractivity (Wildman–Crippen MR) is 135 cm³/mol. The summed E-state index contributed by atoms with van der Waals surface area (Å²) < 4.78 is 0. The van der Waals surface area contributed by atoms with Gasteiger partial charge in [-0.25, -0.2) is 0 Å². The van der Waals surface area contributed by atoms with Crippen molar-refractivity contribution in [2.75, 3.05) is 0 Å². The molecule has 4 rings (SSSR count). The average molecular weight is 469 g/mol. The van der Waals surface area contributed by atoms with Crippen LogP contribution in [0.25, 0.3) is 0 Å². The summed E-state index contributed by atoms with van der Waals surface area (Å²) in [6.07, 6.45) is 9.56. The molecule has 3 aliphatic carbocycles. The molecule has 1 aromatic carbocycles. The summed E-state index contributed by atoms with van der Waals surface area (Å²) >= 11 is 0. The van der Waals surface area contributed by atoms with Gasteiger partial charge in [-0.2, -0.15) is 0 Å². The van der Waals surface area contributed by atoms with Gasteiger partial charge in [0.2, 0.25) is 11.8 Å². The van der Waals surface area contributed by atoms with E-state index in [0.29, 0.717) is 12.5 Å². The van der Waals surface area contributed by atoms with E-state index < -0.39 is 6.10 Å². The van der Waals surface area contributed by atoms with Gasteiger partial charge in [-0.1, -0.05) is 70.4 Å². The Morgan fingerprint density at radius 2 is 1.71 bits per heavy atom. The van der Waals surface area contributed by atoms with Crippen molar-refractivity contribution >= 4 is 11.8 Å².